The monoisotopic (exact) mass is 532 g/mol. The predicted molar refractivity (Wildman–Crippen MR) is 148 cm³/mol. The molecular weight excluding hydrogens is 504 g/mol. The number of aromatic nitrogens is 1. The molecule has 38 heavy (non-hydrogen) atoms. The lowest BCUT2D eigenvalue weighted by Crippen LogP contribution is -2.27. The Morgan fingerprint density at radius 1 is 0.895 bits per heavy atom. The molecule has 0 N–H and O–H groups in total. The van der Waals surface area contributed by atoms with Crippen molar-refractivity contribution in [3.63, 3.8) is 0 Å². The molecular formula is C30H29ClN2O5. The molecule has 0 saturated heterocycles. The van der Waals surface area contributed by atoms with E-state index in [1.807, 2.05) is 55.5 Å². The molecule has 8 heteroatoms. The maximum Gasteiger partial charge on any atom is 0.419 e. The lowest BCUT2D eigenvalue weighted by Gasteiger charge is -2.23. The smallest absolute Gasteiger partial charge is 0.419 e. The van der Waals surface area contributed by atoms with Crippen LogP contribution in [0.25, 0.3) is 22.5 Å². The van der Waals surface area contributed by atoms with E-state index in [2.05, 4.69) is 5.16 Å². The molecule has 7 nitrogen and oxygen atoms in total. The van der Waals surface area contributed by atoms with Crippen molar-refractivity contribution in [2.75, 3.05) is 18.1 Å². The number of halogens is 1. The van der Waals surface area contributed by atoms with Crippen LogP contribution in [0.2, 0.25) is 5.02 Å². The number of hydrogen-bond acceptors (Lipinski definition) is 6. The molecule has 4 aromatic rings. The van der Waals surface area contributed by atoms with Gasteiger partial charge < -0.3 is 14.0 Å². The fraction of sp³-hybridized carbons (Fsp3) is 0.233. The minimum atomic E-state index is -0.582. The Bertz CT molecular complexity index is 1410. The van der Waals surface area contributed by atoms with Gasteiger partial charge in [0.25, 0.3) is 0 Å². The van der Waals surface area contributed by atoms with E-state index in [9.17, 15) is 9.59 Å². The van der Waals surface area contributed by atoms with Crippen molar-refractivity contribution in [3.05, 3.63) is 89.1 Å². The van der Waals surface area contributed by atoms with Gasteiger partial charge in [0.1, 0.15) is 11.4 Å². The summed E-state index contributed by atoms with van der Waals surface area (Å²) >= 11 is 6.46. The topological polar surface area (TPSA) is 81.9 Å². The van der Waals surface area contributed by atoms with Crippen LogP contribution in [0.5, 0.6) is 0 Å². The molecule has 1 heterocycles. The minimum absolute atomic E-state index is 0.200. The van der Waals surface area contributed by atoms with Crippen molar-refractivity contribution < 1.29 is 23.6 Å². The van der Waals surface area contributed by atoms with Crippen LogP contribution in [-0.4, -0.2) is 30.4 Å². The third kappa shape index (κ3) is 5.58. The molecule has 0 spiro atoms. The standard InChI is InChI=1S/C30H29ClN2O5/c1-5-36-29(34)19(3)21-11-13-22(14-12-21)23-15-17-24(18-16-23)28-27(20(4)32-38-28)33(30(35)37-6-2)26-10-8-7-9-25(26)31/h7-19H,5-6H2,1-4H3. The largest absolute Gasteiger partial charge is 0.466 e. The second-order valence-electron chi connectivity index (χ2n) is 8.60. The molecule has 0 aliphatic carbocycles. The van der Waals surface area contributed by atoms with Crippen molar-refractivity contribution in [2.24, 2.45) is 0 Å². The number of carbonyl (C=O) groups is 2. The molecule has 196 valence electrons. The zero-order chi connectivity index (χ0) is 27.2. The summed E-state index contributed by atoms with van der Waals surface area (Å²) in [5, 5.41) is 4.53. The highest BCUT2D eigenvalue weighted by atomic mass is 35.5. The predicted octanol–water partition coefficient (Wildman–Crippen LogP) is 7.93. The molecule has 0 bridgehead atoms. The Labute approximate surface area is 226 Å². The number of rotatable bonds is 8. The van der Waals surface area contributed by atoms with Gasteiger partial charge in [-0.2, -0.15) is 0 Å². The third-order valence-electron chi connectivity index (χ3n) is 6.13. The molecule has 0 saturated carbocycles. The number of ether oxygens (including phenoxy) is 2. The first kappa shape index (κ1) is 26.9. The van der Waals surface area contributed by atoms with E-state index >= 15 is 0 Å². The second-order valence-corrected chi connectivity index (χ2v) is 9.01. The van der Waals surface area contributed by atoms with Gasteiger partial charge in [0.05, 0.1) is 29.8 Å². The molecule has 0 radical (unpaired) electrons. The van der Waals surface area contributed by atoms with E-state index in [-0.39, 0.29) is 18.5 Å². The van der Waals surface area contributed by atoms with Crippen LogP contribution in [0.15, 0.2) is 77.3 Å². The zero-order valence-corrected chi connectivity index (χ0v) is 22.5. The summed E-state index contributed by atoms with van der Waals surface area (Å²) in [6.07, 6.45) is -0.582. The number of esters is 1. The zero-order valence-electron chi connectivity index (χ0n) is 21.7. The normalized spacial score (nSPS) is 11.6. The lowest BCUT2D eigenvalue weighted by molar-refractivity contribution is -0.144. The molecule has 1 amide bonds. The number of para-hydroxylation sites is 1. The van der Waals surface area contributed by atoms with E-state index in [0.717, 1.165) is 22.3 Å². The number of aryl methyl sites for hydroxylation is 1. The van der Waals surface area contributed by atoms with Crippen LogP contribution in [0.1, 0.15) is 37.9 Å². The molecule has 0 aliphatic rings. The highest BCUT2D eigenvalue weighted by molar-refractivity contribution is 6.34. The maximum absolute atomic E-state index is 13.1. The van der Waals surface area contributed by atoms with Crippen LogP contribution in [0.3, 0.4) is 0 Å². The van der Waals surface area contributed by atoms with E-state index in [4.69, 9.17) is 25.6 Å². The minimum Gasteiger partial charge on any atom is -0.466 e. The first-order valence-electron chi connectivity index (χ1n) is 12.4. The Morgan fingerprint density at radius 3 is 2.08 bits per heavy atom. The molecule has 0 aliphatic heterocycles. The number of carbonyl (C=O) groups excluding carboxylic acids is 2. The van der Waals surface area contributed by atoms with Crippen LogP contribution in [0.4, 0.5) is 16.2 Å². The van der Waals surface area contributed by atoms with Gasteiger partial charge in [-0.05, 0) is 56.5 Å². The van der Waals surface area contributed by atoms with Crippen molar-refractivity contribution in [3.8, 4) is 22.5 Å². The summed E-state index contributed by atoms with van der Waals surface area (Å²) < 4.78 is 16.2. The van der Waals surface area contributed by atoms with Gasteiger partial charge in [-0.1, -0.05) is 77.4 Å². The summed E-state index contributed by atoms with van der Waals surface area (Å²) in [6, 6.07) is 22.6. The van der Waals surface area contributed by atoms with E-state index in [1.165, 1.54) is 4.90 Å². The van der Waals surface area contributed by atoms with Gasteiger partial charge in [0.15, 0.2) is 5.76 Å². The molecule has 1 unspecified atom stereocenters. The van der Waals surface area contributed by atoms with Gasteiger partial charge in [0, 0.05) is 5.56 Å². The Kier molecular flexibility index (Phi) is 8.48. The summed E-state index contributed by atoms with van der Waals surface area (Å²) in [4.78, 5) is 26.5. The Balaban J connectivity index is 1.66. The Morgan fingerprint density at radius 2 is 1.47 bits per heavy atom. The van der Waals surface area contributed by atoms with E-state index in [1.54, 1.807) is 45.0 Å². The molecule has 0 fully saturated rings. The van der Waals surface area contributed by atoms with Crippen molar-refractivity contribution in [1.29, 1.82) is 0 Å². The Hall–Kier alpha value is -4.10. The third-order valence-corrected chi connectivity index (χ3v) is 6.45. The van der Waals surface area contributed by atoms with E-state index < -0.39 is 6.09 Å². The van der Waals surface area contributed by atoms with Crippen LogP contribution in [-0.2, 0) is 14.3 Å². The fourth-order valence-electron chi connectivity index (χ4n) is 4.13. The summed E-state index contributed by atoms with van der Waals surface area (Å²) in [5.74, 6) is -0.156. The molecule has 3 aromatic carbocycles. The van der Waals surface area contributed by atoms with Crippen molar-refractivity contribution in [2.45, 2.75) is 33.6 Å². The average molecular weight is 533 g/mol. The highest BCUT2D eigenvalue weighted by Crippen LogP contribution is 2.41. The first-order chi connectivity index (χ1) is 18.3. The summed E-state index contributed by atoms with van der Waals surface area (Å²) in [6.45, 7) is 7.69. The maximum atomic E-state index is 13.1. The van der Waals surface area contributed by atoms with Crippen LogP contribution in [0, 0.1) is 6.92 Å². The number of anilines is 2. The number of benzene rings is 3. The fourth-order valence-corrected chi connectivity index (χ4v) is 4.35. The summed E-state index contributed by atoms with van der Waals surface area (Å²) in [5.41, 5.74) is 5.05. The number of hydrogen-bond donors (Lipinski definition) is 0. The molecule has 1 aromatic heterocycles. The van der Waals surface area contributed by atoms with Gasteiger partial charge in [-0.25, -0.2) is 9.69 Å². The van der Waals surface area contributed by atoms with Gasteiger partial charge in [-0.15, -0.1) is 0 Å². The second kappa shape index (κ2) is 12.0. The highest BCUT2D eigenvalue weighted by Gasteiger charge is 2.30. The van der Waals surface area contributed by atoms with Crippen molar-refractivity contribution >= 4 is 35.0 Å². The lowest BCUT2D eigenvalue weighted by atomic mass is 9.97. The van der Waals surface area contributed by atoms with Gasteiger partial charge in [0.2, 0.25) is 0 Å². The number of amides is 1. The van der Waals surface area contributed by atoms with E-state index in [0.29, 0.717) is 34.5 Å². The molecule has 4 rings (SSSR count). The van der Waals surface area contributed by atoms with Gasteiger partial charge >= 0.3 is 12.1 Å². The first-order valence-corrected chi connectivity index (χ1v) is 12.8. The average Bonchev–Trinajstić information content (AvgIpc) is 3.30. The van der Waals surface area contributed by atoms with Crippen LogP contribution < -0.4 is 4.90 Å². The van der Waals surface area contributed by atoms with Crippen LogP contribution >= 0.6 is 11.6 Å². The van der Waals surface area contributed by atoms with Crippen molar-refractivity contribution in [1.82, 2.24) is 5.16 Å². The van der Waals surface area contributed by atoms with Gasteiger partial charge in [-0.3, -0.25) is 4.79 Å². The SMILES string of the molecule is CCOC(=O)C(C)c1ccc(-c2ccc(-c3onc(C)c3N(C(=O)OCC)c3ccccc3Cl)cc2)cc1. The quantitative estimate of drug-likeness (QED) is 0.214. The summed E-state index contributed by atoms with van der Waals surface area (Å²) in [7, 11) is 0. The molecule has 1 atom stereocenters. The number of nitrogens with zero attached hydrogens (tertiary/aromatic N) is 2.